The van der Waals surface area contributed by atoms with E-state index in [1.54, 1.807) is 24.3 Å². The Morgan fingerprint density at radius 1 is 1.10 bits per heavy atom. The topological polar surface area (TPSA) is 52.9 Å². The molecule has 1 atom stereocenters. The minimum Gasteiger partial charge on any atom is -0.326 e. The number of anilines is 1. The molecule has 0 aliphatic heterocycles. The lowest BCUT2D eigenvalue weighted by Crippen LogP contribution is -2.22. The van der Waals surface area contributed by atoms with Crippen molar-refractivity contribution in [2.45, 2.75) is 18.8 Å². The zero-order chi connectivity index (χ0) is 14.7. The van der Waals surface area contributed by atoms with Crippen molar-refractivity contribution in [1.29, 1.82) is 5.26 Å². The van der Waals surface area contributed by atoms with Crippen LogP contribution in [0.3, 0.4) is 0 Å². The number of nitrogens with one attached hydrogen (secondary N) is 1. The molecule has 0 spiro atoms. The Hall–Kier alpha value is -2.60. The molecule has 1 saturated carbocycles. The van der Waals surface area contributed by atoms with Gasteiger partial charge in [-0.15, -0.1) is 0 Å². The molecule has 1 aliphatic carbocycles. The molecule has 0 aromatic heterocycles. The monoisotopic (exact) mass is 276 g/mol. The van der Waals surface area contributed by atoms with Crippen LogP contribution in [0.4, 0.5) is 5.69 Å². The van der Waals surface area contributed by atoms with E-state index in [-0.39, 0.29) is 11.8 Å². The maximum absolute atomic E-state index is 12.6. The summed E-state index contributed by atoms with van der Waals surface area (Å²) in [4.78, 5) is 12.6. The lowest BCUT2D eigenvalue weighted by molar-refractivity contribution is -0.118. The summed E-state index contributed by atoms with van der Waals surface area (Å²) in [5.41, 5.74) is 2.40. The first kappa shape index (κ1) is 13.4. The first-order valence-corrected chi connectivity index (χ1v) is 7.14. The van der Waals surface area contributed by atoms with Gasteiger partial charge in [0, 0.05) is 5.69 Å². The summed E-state index contributed by atoms with van der Waals surface area (Å²) in [5.74, 6) is 0.404. The largest absolute Gasteiger partial charge is 0.326 e. The summed E-state index contributed by atoms with van der Waals surface area (Å²) in [6.07, 6.45) is 2.22. The molecule has 3 heteroatoms. The second-order valence-electron chi connectivity index (χ2n) is 5.40. The highest BCUT2D eigenvalue weighted by Gasteiger charge is 2.37. The standard InChI is InChI=1S/C18H16N2O/c19-12-13-6-10-16(11-7-13)20-18(21)17(15-8-9-15)14-4-2-1-3-5-14/h1-7,10-11,15,17H,8-9H2,(H,20,21). The van der Waals surface area contributed by atoms with E-state index in [2.05, 4.69) is 11.4 Å². The van der Waals surface area contributed by atoms with E-state index in [0.717, 1.165) is 24.1 Å². The molecule has 3 rings (SSSR count). The van der Waals surface area contributed by atoms with Crippen molar-refractivity contribution < 1.29 is 4.79 Å². The smallest absolute Gasteiger partial charge is 0.232 e. The summed E-state index contributed by atoms with van der Waals surface area (Å²) in [6, 6.07) is 19.0. The van der Waals surface area contributed by atoms with E-state index in [1.807, 2.05) is 30.3 Å². The van der Waals surface area contributed by atoms with Gasteiger partial charge in [-0.2, -0.15) is 5.26 Å². The van der Waals surface area contributed by atoms with E-state index in [1.165, 1.54) is 0 Å². The highest BCUT2D eigenvalue weighted by Crippen LogP contribution is 2.43. The van der Waals surface area contributed by atoms with Crippen LogP contribution < -0.4 is 5.32 Å². The van der Waals surface area contributed by atoms with Crippen LogP contribution in [0.15, 0.2) is 54.6 Å². The fraction of sp³-hybridized carbons (Fsp3) is 0.222. The highest BCUT2D eigenvalue weighted by atomic mass is 16.1. The zero-order valence-electron chi connectivity index (χ0n) is 11.6. The Morgan fingerprint density at radius 3 is 2.33 bits per heavy atom. The van der Waals surface area contributed by atoms with Crippen molar-refractivity contribution in [3.8, 4) is 6.07 Å². The van der Waals surface area contributed by atoms with Gasteiger partial charge < -0.3 is 5.32 Å². The predicted octanol–water partition coefficient (Wildman–Crippen LogP) is 3.69. The van der Waals surface area contributed by atoms with Gasteiger partial charge in [-0.05, 0) is 48.6 Å². The zero-order valence-corrected chi connectivity index (χ0v) is 11.6. The van der Waals surface area contributed by atoms with Gasteiger partial charge in [0.15, 0.2) is 0 Å². The summed E-state index contributed by atoms with van der Waals surface area (Å²) >= 11 is 0. The normalized spacial score (nSPS) is 15.0. The Labute approximate surface area is 124 Å². The number of amides is 1. The van der Waals surface area contributed by atoms with E-state index >= 15 is 0 Å². The number of nitrogens with zero attached hydrogens (tertiary/aromatic N) is 1. The number of hydrogen-bond acceptors (Lipinski definition) is 2. The van der Waals surface area contributed by atoms with Crippen molar-refractivity contribution >= 4 is 11.6 Å². The molecule has 3 nitrogen and oxygen atoms in total. The molecular weight excluding hydrogens is 260 g/mol. The molecule has 2 aromatic rings. The molecule has 1 aliphatic rings. The first-order valence-electron chi connectivity index (χ1n) is 7.14. The van der Waals surface area contributed by atoms with Gasteiger partial charge in [-0.3, -0.25) is 4.79 Å². The minimum absolute atomic E-state index is 0.0356. The van der Waals surface area contributed by atoms with E-state index in [4.69, 9.17) is 5.26 Å². The average molecular weight is 276 g/mol. The average Bonchev–Trinajstić information content (AvgIpc) is 3.34. The summed E-state index contributed by atoms with van der Waals surface area (Å²) in [7, 11) is 0. The van der Waals surface area contributed by atoms with Crippen LogP contribution in [-0.2, 0) is 4.79 Å². The third kappa shape index (κ3) is 3.11. The number of rotatable bonds is 4. The van der Waals surface area contributed by atoms with Crippen LogP contribution in [0.5, 0.6) is 0 Å². The Bertz CT molecular complexity index is 667. The fourth-order valence-electron chi connectivity index (χ4n) is 2.58. The van der Waals surface area contributed by atoms with Crippen LogP contribution in [0.25, 0.3) is 0 Å². The maximum Gasteiger partial charge on any atom is 0.232 e. The Balaban J connectivity index is 1.77. The van der Waals surface area contributed by atoms with Crippen molar-refractivity contribution in [3.63, 3.8) is 0 Å². The molecule has 0 heterocycles. The number of benzene rings is 2. The van der Waals surface area contributed by atoms with Gasteiger partial charge in [-0.1, -0.05) is 30.3 Å². The van der Waals surface area contributed by atoms with Crippen molar-refractivity contribution in [3.05, 3.63) is 65.7 Å². The second kappa shape index (κ2) is 5.80. The molecule has 0 bridgehead atoms. The molecule has 104 valence electrons. The number of nitriles is 1. The van der Waals surface area contributed by atoms with Gasteiger partial charge in [-0.25, -0.2) is 0 Å². The maximum atomic E-state index is 12.6. The lowest BCUT2D eigenvalue weighted by Gasteiger charge is -2.16. The van der Waals surface area contributed by atoms with Crippen LogP contribution in [0, 0.1) is 17.2 Å². The summed E-state index contributed by atoms with van der Waals surface area (Å²) in [6.45, 7) is 0. The molecule has 0 saturated heterocycles. The highest BCUT2D eigenvalue weighted by molar-refractivity contribution is 5.96. The number of carbonyl (C=O) groups is 1. The molecular formula is C18H16N2O. The van der Waals surface area contributed by atoms with Crippen molar-refractivity contribution in [2.24, 2.45) is 5.92 Å². The molecule has 1 amide bonds. The first-order chi connectivity index (χ1) is 10.3. The van der Waals surface area contributed by atoms with Crippen LogP contribution in [-0.4, -0.2) is 5.91 Å². The number of hydrogen-bond donors (Lipinski definition) is 1. The molecule has 2 aromatic carbocycles. The quantitative estimate of drug-likeness (QED) is 0.925. The fourth-order valence-corrected chi connectivity index (χ4v) is 2.58. The second-order valence-corrected chi connectivity index (χ2v) is 5.40. The van der Waals surface area contributed by atoms with Gasteiger partial charge in [0.1, 0.15) is 0 Å². The third-order valence-corrected chi connectivity index (χ3v) is 3.82. The molecule has 1 fully saturated rings. The predicted molar refractivity (Wildman–Crippen MR) is 81.7 cm³/mol. The van der Waals surface area contributed by atoms with Gasteiger partial charge in [0.25, 0.3) is 0 Å². The molecule has 21 heavy (non-hydrogen) atoms. The van der Waals surface area contributed by atoms with E-state index < -0.39 is 0 Å². The van der Waals surface area contributed by atoms with Crippen molar-refractivity contribution in [2.75, 3.05) is 5.32 Å². The lowest BCUT2D eigenvalue weighted by atomic mass is 9.93. The van der Waals surface area contributed by atoms with E-state index in [9.17, 15) is 4.79 Å². The number of carbonyl (C=O) groups excluding carboxylic acids is 1. The van der Waals surface area contributed by atoms with E-state index in [0.29, 0.717) is 11.5 Å². The molecule has 1 N–H and O–H groups in total. The summed E-state index contributed by atoms with van der Waals surface area (Å²) in [5, 5.41) is 11.8. The van der Waals surface area contributed by atoms with Crippen LogP contribution in [0.2, 0.25) is 0 Å². The molecule has 0 radical (unpaired) electrons. The summed E-state index contributed by atoms with van der Waals surface area (Å²) < 4.78 is 0. The molecule has 1 unspecified atom stereocenters. The minimum atomic E-state index is -0.0816. The van der Waals surface area contributed by atoms with Crippen molar-refractivity contribution in [1.82, 2.24) is 0 Å². The SMILES string of the molecule is N#Cc1ccc(NC(=O)C(c2ccccc2)C2CC2)cc1. The van der Waals surface area contributed by atoms with Gasteiger partial charge in [0.05, 0.1) is 17.6 Å². The van der Waals surface area contributed by atoms with Crippen LogP contribution >= 0.6 is 0 Å². The Kier molecular flexibility index (Phi) is 3.70. The Morgan fingerprint density at radius 2 is 1.76 bits per heavy atom. The van der Waals surface area contributed by atoms with Crippen LogP contribution in [0.1, 0.15) is 29.9 Å². The third-order valence-electron chi connectivity index (χ3n) is 3.82. The van der Waals surface area contributed by atoms with Gasteiger partial charge in [0.2, 0.25) is 5.91 Å². The van der Waals surface area contributed by atoms with Gasteiger partial charge >= 0.3 is 0 Å².